The molecule has 1 aromatic heterocycles. The topological polar surface area (TPSA) is 34.7 Å². The Hall–Kier alpha value is -5.22. The summed E-state index contributed by atoms with van der Waals surface area (Å²) in [6.45, 7) is 6.40. The Morgan fingerprint density at radius 2 is 1.12 bits per heavy atom. The van der Waals surface area contributed by atoms with Crippen molar-refractivity contribution >= 4 is 11.8 Å². The van der Waals surface area contributed by atoms with Crippen LogP contribution >= 0.6 is 0 Å². The van der Waals surface area contributed by atoms with Crippen LogP contribution in [0.3, 0.4) is 0 Å². The molecule has 1 heterocycles. The Bertz CT molecular complexity index is 1590. The molecule has 0 aliphatic heterocycles. The van der Waals surface area contributed by atoms with Gasteiger partial charge in [-0.05, 0) is 63.7 Å². The average Bonchev–Trinajstić information content (AvgIpc) is 3.06. The Labute approximate surface area is 248 Å². The molecule has 0 fully saturated rings. The molecular formula is C38H35N2O2+. The van der Waals surface area contributed by atoms with Crippen molar-refractivity contribution in [1.82, 2.24) is 0 Å². The summed E-state index contributed by atoms with van der Waals surface area (Å²) in [5.74, 6) is 1.71. The van der Waals surface area contributed by atoms with Crippen LogP contribution in [0, 0.1) is 0 Å². The zero-order valence-electron chi connectivity index (χ0n) is 23.7. The Kier molecular flexibility index (Phi) is 10.1. The van der Waals surface area contributed by atoms with E-state index < -0.39 is 0 Å². The van der Waals surface area contributed by atoms with Gasteiger partial charge in [-0.25, -0.2) is 4.57 Å². The molecule has 4 nitrogen and oxygen atoms in total. The first kappa shape index (κ1) is 28.3. The lowest BCUT2D eigenvalue weighted by Gasteiger charge is -2.07. The SMILES string of the molecule is C=C/C(=C\C=NCCOc1ccc(-c2ccccc2)cc1)c1cc[n+](CCOc2ccc(-c3ccccc3)cc2)cc1. The molecule has 42 heavy (non-hydrogen) atoms. The number of aliphatic imine (C=N–C) groups is 1. The van der Waals surface area contributed by atoms with Crippen molar-refractivity contribution in [2.45, 2.75) is 6.54 Å². The molecule has 0 N–H and O–H groups in total. The van der Waals surface area contributed by atoms with Gasteiger partial charge in [-0.3, -0.25) is 4.99 Å². The number of pyridine rings is 1. The van der Waals surface area contributed by atoms with Gasteiger partial charge in [0.05, 0.1) is 6.54 Å². The molecular weight excluding hydrogens is 516 g/mol. The molecule has 5 aromatic rings. The normalized spacial score (nSPS) is 11.4. The van der Waals surface area contributed by atoms with Gasteiger partial charge in [0.15, 0.2) is 18.9 Å². The summed E-state index contributed by atoms with van der Waals surface area (Å²) in [6, 6.07) is 41.2. The Balaban J connectivity index is 1.04. The van der Waals surface area contributed by atoms with Crippen LogP contribution in [-0.4, -0.2) is 26.0 Å². The van der Waals surface area contributed by atoms with Crippen molar-refractivity contribution in [3.05, 3.63) is 158 Å². The summed E-state index contributed by atoms with van der Waals surface area (Å²) in [6.07, 6.45) is 9.75. The summed E-state index contributed by atoms with van der Waals surface area (Å²) >= 11 is 0. The van der Waals surface area contributed by atoms with Gasteiger partial charge in [0.1, 0.15) is 24.7 Å². The molecule has 0 aliphatic carbocycles. The molecule has 0 atom stereocenters. The van der Waals surface area contributed by atoms with E-state index in [0.29, 0.717) is 19.8 Å². The lowest BCUT2D eigenvalue weighted by Crippen LogP contribution is -2.35. The molecule has 5 rings (SSSR count). The van der Waals surface area contributed by atoms with E-state index in [0.717, 1.165) is 29.2 Å². The fraction of sp³-hybridized carbons (Fsp3) is 0.105. The monoisotopic (exact) mass is 551 g/mol. The molecule has 208 valence electrons. The van der Waals surface area contributed by atoms with E-state index in [-0.39, 0.29) is 0 Å². The van der Waals surface area contributed by atoms with Crippen LogP contribution in [0.15, 0.2) is 157 Å². The number of ether oxygens (including phenoxy) is 2. The zero-order valence-corrected chi connectivity index (χ0v) is 23.7. The van der Waals surface area contributed by atoms with Crippen LogP contribution in [0.4, 0.5) is 0 Å². The molecule has 0 spiro atoms. The lowest BCUT2D eigenvalue weighted by atomic mass is 10.1. The Morgan fingerprint density at radius 1 is 0.619 bits per heavy atom. The minimum Gasteiger partial charge on any atom is -0.492 e. The van der Waals surface area contributed by atoms with Crippen molar-refractivity contribution in [3.8, 4) is 33.8 Å². The van der Waals surface area contributed by atoms with E-state index in [1.54, 1.807) is 0 Å². The summed E-state index contributed by atoms with van der Waals surface area (Å²) in [5.41, 5.74) is 6.85. The molecule has 4 heteroatoms. The van der Waals surface area contributed by atoms with Crippen LogP contribution in [0.2, 0.25) is 0 Å². The second kappa shape index (κ2) is 15.0. The third-order valence-corrected chi connectivity index (χ3v) is 6.83. The number of hydrogen-bond acceptors (Lipinski definition) is 3. The first-order valence-corrected chi connectivity index (χ1v) is 14.2. The molecule has 4 aromatic carbocycles. The standard InChI is InChI=1S/C38H35N2O2/c1-2-31(21-24-39-25-29-41-37-17-13-34(14-18-37)32-9-5-3-6-10-32)36-22-26-40(27-23-36)28-30-42-38-19-15-35(16-20-38)33-11-7-4-8-12-33/h2-24,26-27H,1,25,28-30H2/q+1/b31-21+,39-24?. The fourth-order valence-corrected chi connectivity index (χ4v) is 4.52. The van der Waals surface area contributed by atoms with Crippen LogP contribution in [-0.2, 0) is 6.54 Å². The highest BCUT2D eigenvalue weighted by Crippen LogP contribution is 2.23. The van der Waals surface area contributed by atoms with Gasteiger partial charge in [-0.1, -0.05) is 97.6 Å². The van der Waals surface area contributed by atoms with Gasteiger partial charge in [-0.2, -0.15) is 0 Å². The number of hydrogen-bond donors (Lipinski definition) is 0. The van der Waals surface area contributed by atoms with E-state index in [4.69, 9.17) is 9.47 Å². The second-order valence-electron chi connectivity index (χ2n) is 9.68. The number of benzene rings is 4. The van der Waals surface area contributed by atoms with Gasteiger partial charge in [0.25, 0.3) is 0 Å². The largest absolute Gasteiger partial charge is 0.492 e. The van der Waals surface area contributed by atoms with Crippen molar-refractivity contribution in [2.24, 2.45) is 4.99 Å². The maximum atomic E-state index is 5.96. The van der Waals surface area contributed by atoms with E-state index in [1.807, 2.05) is 79.0 Å². The molecule has 0 amide bonds. The molecule has 0 saturated heterocycles. The van der Waals surface area contributed by atoms with Crippen LogP contribution < -0.4 is 14.0 Å². The van der Waals surface area contributed by atoms with Crippen LogP contribution in [0.1, 0.15) is 5.56 Å². The van der Waals surface area contributed by atoms with Crippen molar-refractivity contribution in [1.29, 1.82) is 0 Å². The Morgan fingerprint density at radius 3 is 1.64 bits per heavy atom. The smallest absolute Gasteiger partial charge is 0.182 e. The third kappa shape index (κ3) is 8.15. The van der Waals surface area contributed by atoms with Crippen LogP contribution in [0.5, 0.6) is 11.5 Å². The van der Waals surface area contributed by atoms with Crippen molar-refractivity contribution in [2.75, 3.05) is 19.8 Å². The summed E-state index contributed by atoms with van der Waals surface area (Å²) in [4.78, 5) is 4.48. The second-order valence-corrected chi connectivity index (χ2v) is 9.68. The quantitative estimate of drug-likeness (QED) is 0.0641. The van der Waals surface area contributed by atoms with Gasteiger partial charge < -0.3 is 9.47 Å². The fourth-order valence-electron chi connectivity index (χ4n) is 4.52. The molecule has 0 saturated carbocycles. The third-order valence-electron chi connectivity index (χ3n) is 6.83. The minimum atomic E-state index is 0.517. The molecule has 0 bridgehead atoms. The van der Waals surface area contributed by atoms with Gasteiger partial charge >= 0.3 is 0 Å². The first-order chi connectivity index (χ1) is 20.8. The number of allylic oxidation sites excluding steroid dienone is 3. The maximum Gasteiger partial charge on any atom is 0.182 e. The first-order valence-electron chi connectivity index (χ1n) is 14.2. The summed E-state index contributed by atoms with van der Waals surface area (Å²) < 4.78 is 13.9. The van der Waals surface area contributed by atoms with Gasteiger partial charge in [0.2, 0.25) is 0 Å². The molecule has 0 unspecified atom stereocenters. The number of nitrogens with zero attached hydrogens (tertiary/aromatic N) is 2. The summed E-state index contributed by atoms with van der Waals surface area (Å²) in [5, 5.41) is 0. The highest BCUT2D eigenvalue weighted by Gasteiger charge is 2.05. The highest BCUT2D eigenvalue weighted by molar-refractivity contribution is 5.88. The van der Waals surface area contributed by atoms with Gasteiger partial charge in [-0.15, -0.1) is 0 Å². The predicted octanol–water partition coefficient (Wildman–Crippen LogP) is 8.11. The van der Waals surface area contributed by atoms with E-state index in [2.05, 4.69) is 89.2 Å². The average molecular weight is 552 g/mol. The zero-order chi connectivity index (χ0) is 28.8. The summed E-state index contributed by atoms with van der Waals surface area (Å²) in [7, 11) is 0. The van der Waals surface area contributed by atoms with Crippen LogP contribution in [0.25, 0.3) is 27.8 Å². The van der Waals surface area contributed by atoms with E-state index in [1.165, 1.54) is 22.3 Å². The number of aromatic nitrogens is 1. The molecule has 0 radical (unpaired) electrons. The minimum absolute atomic E-state index is 0.517. The predicted molar refractivity (Wildman–Crippen MR) is 173 cm³/mol. The van der Waals surface area contributed by atoms with E-state index >= 15 is 0 Å². The molecule has 0 aliphatic rings. The van der Waals surface area contributed by atoms with Crippen molar-refractivity contribution in [3.63, 3.8) is 0 Å². The van der Waals surface area contributed by atoms with Crippen molar-refractivity contribution < 1.29 is 14.0 Å². The van der Waals surface area contributed by atoms with E-state index in [9.17, 15) is 0 Å². The highest BCUT2D eigenvalue weighted by atomic mass is 16.5. The maximum absolute atomic E-state index is 5.96. The van der Waals surface area contributed by atoms with Gasteiger partial charge in [0, 0.05) is 18.3 Å². The number of rotatable bonds is 13. The lowest BCUT2D eigenvalue weighted by molar-refractivity contribution is -0.697.